The molecule has 0 saturated heterocycles. The number of anilines is 1. The molecule has 3 aromatic heterocycles. The number of alkyl halides is 3. The van der Waals surface area contributed by atoms with E-state index in [1.165, 1.54) is 0 Å². The van der Waals surface area contributed by atoms with Gasteiger partial charge in [0.1, 0.15) is 11.5 Å². The lowest BCUT2D eigenvalue weighted by atomic mass is 10.1. The summed E-state index contributed by atoms with van der Waals surface area (Å²) in [5.41, 5.74) is 1.68. The number of pyridine rings is 1. The van der Waals surface area contributed by atoms with Gasteiger partial charge in [0.15, 0.2) is 0 Å². The van der Waals surface area contributed by atoms with Crippen LogP contribution in [0.25, 0.3) is 11.0 Å². The molecule has 4 rings (SSSR count). The number of nitrogens with zero attached hydrogens (tertiary/aromatic N) is 3. The molecule has 0 saturated carbocycles. The largest absolute Gasteiger partial charge is 0.416 e. The van der Waals surface area contributed by atoms with Gasteiger partial charge in [-0.2, -0.15) is 13.2 Å². The van der Waals surface area contributed by atoms with Crippen LogP contribution in [0.3, 0.4) is 0 Å². The SMILES string of the molecule is Fc1ccc(C(F)(F)F)cc1CNc1ncc(Cc2c[nH]c3ncccc23)cn1. The van der Waals surface area contributed by atoms with E-state index in [-0.39, 0.29) is 18.1 Å². The number of H-pyrrole nitrogens is 1. The fraction of sp³-hybridized carbons (Fsp3) is 0.150. The maximum Gasteiger partial charge on any atom is 0.416 e. The number of halogens is 4. The highest BCUT2D eigenvalue weighted by Gasteiger charge is 2.31. The average Bonchev–Trinajstić information content (AvgIpc) is 3.10. The number of benzene rings is 1. The zero-order valence-corrected chi connectivity index (χ0v) is 15.0. The van der Waals surface area contributed by atoms with Gasteiger partial charge in [0.2, 0.25) is 5.95 Å². The predicted octanol–water partition coefficient (Wildman–Crippen LogP) is 4.71. The van der Waals surface area contributed by atoms with E-state index in [2.05, 4.69) is 25.3 Å². The summed E-state index contributed by atoms with van der Waals surface area (Å²) in [6.07, 6.45) is 2.88. The summed E-state index contributed by atoms with van der Waals surface area (Å²) in [5.74, 6) is -0.527. The Bertz CT molecular complexity index is 1140. The first kappa shape index (κ1) is 18.9. The molecule has 0 unspecified atom stereocenters. The fourth-order valence-corrected chi connectivity index (χ4v) is 2.98. The number of aromatic amines is 1. The van der Waals surface area contributed by atoms with Crippen molar-refractivity contribution in [2.45, 2.75) is 19.1 Å². The van der Waals surface area contributed by atoms with Gasteiger partial charge in [-0.25, -0.2) is 19.3 Å². The lowest BCUT2D eigenvalue weighted by Gasteiger charge is -2.11. The Kier molecular flexibility index (Phi) is 4.87. The highest BCUT2D eigenvalue weighted by molar-refractivity contribution is 5.79. The Hall–Kier alpha value is -3.49. The molecule has 0 aliphatic heterocycles. The van der Waals surface area contributed by atoms with Crippen LogP contribution >= 0.6 is 0 Å². The van der Waals surface area contributed by atoms with Gasteiger partial charge in [-0.3, -0.25) is 0 Å². The molecule has 0 spiro atoms. The molecule has 5 nitrogen and oxygen atoms in total. The molecule has 0 bridgehead atoms. The van der Waals surface area contributed by atoms with Gasteiger partial charge in [0, 0.05) is 48.7 Å². The minimum absolute atomic E-state index is 0.112. The molecule has 0 fully saturated rings. The van der Waals surface area contributed by atoms with Crippen molar-refractivity contribution >= 4 is 17.0 Å². The summed E-state index contributed by atoms with van der Waals surface area (Å²) in [6, 6.07) is 6.12. The van der Waals surface area contributed by atoms with Crippen molar-refractivity contribution < 1.29 is 17.6 Å². The van der Waals surface area contributed by atoms with Crippen molar-refractivity contribution in [3.05, 3.63) is 83.2 Å². The average molecular weight is 401 g/mol. The fourth-order valence-electron chi connectivity index (χ4n) is 2.98. The Morgan fingerprint density at radius 2 is 1.79 bits per heavy atom. The van der Waals surface area contributed by atoms with Crippen LogP contribution < -0.4 is 5.32 Å². The Morgan fingerprint density at radius 3 is 2.55 bits per heavy atom. The third kappa shape index (κ3) is 4.18. The smallest absolute Gasteiger partial charge is 0.350 e. The van der Waals surface area contributed by atoms with Crippen LogP contribution in [0.5, 0.6) is 0 Å². The summed E-state index contributed by atoms with van der Waals surface area (Å²) >= 11 is 0. The van der Waals surface area contributed by atoms with Crippen molar-refractivity contribution in [2.75, 3.05) is 5.32 Å². The van der Waals surface area contributed by atoms with Gasteiger partial charge in [0.25, 0.3) is 0 Å². The molecular weight excluding hydrogens is 386 g/mol. The molecule has 0 aliphatic carbocycles. The van der Waals surface area contributed by atoms with Crippen LogP contribution in [-0.2, 0) is 19.1 Å². The topological polar surface area (TPSA) is 66.5 Å². The standard InChI is InChI=1S/C20H15F4N5/c21-17-4-3-15(20(22,23)24)7-14(17)11-29-19-27-8-12(9-28-19)6-13-10-26-18-16(13)2-1-5-25-18/h1-5,7-10H,6,11H2,(H,25,26)(H,27,28,29). The molecule has 0 atom stereocenters. The van der Waals surface area contributed by atoms with E-state index in [1.54, 1.807) is 18.6 Å². The van der Waals surface area contributed by atoms with Crippen LogP contribution in [0.1, 0.15) is 22.3 Å². The van der Waals surface area contributed by atoms with Crippen LogP contribution in [0, 0.1) is 5.82 Å². The minimum Gasteiger partial charge on any atom is -0.350 e. The molecule has 29 heavy (non-hydrogen) atoms. The van der Waals surface area contributed by atoms with Crippen LogP contribution in [0.15, 0.2) is 55.1 Å². The van der Waals surface area contributed by atoms with Crippen molar-refractivity contribution in [1.29, 1.82) is 0 Å². The van der Waals surface area contributed by atoms with Gasteiger partial charge in [-0.15, -0.1) is 0 Å². The minimum atomic E-state index is -4.53. The zero-order chi connectivity index (χ0) is 20.4. The normalized spacial score (nSPS) is 11.7. The van der Waals surface area contributed by atoms with Gasteiger partial charge < -0.3 is 10.3 Å². The monoisotopic (exact) mass is 401 g/mol. The first-order chi connectivity index (χ1) is 13.9. The number of nitrogens with one attached hydrogen (secondary N) is 2. The summed E-state index contributed by atoms with van der Waals surface area (Å²) in [6.45, 7) is -0.163. The molecule has 4 aromatic rings. The lowest BCUT2D eigenvalue weighted by Crippen LogP contribution is -2.09. The van der Waals surface area contributed by atoms with Gasteiger partial charge in [0.05, 0.1) is 5.56 Å². The second-order valence-corrected chi connectivity index (χ2v) is 6.46. The first-order valence-electron chi connectivity index (χ1n) is 8.71. The molecule has 9 heteroatoms. The van der Waals surface area contributed by atoms with Crippen LogP contribution in [0.4, 0.5) is 23.5 Å². The summed E-state index contributed by atoms with van der Waals surface area (Å²) < 4.78 is 52.2. The number of fused-ring (bicyclic) bond motifs is 1. The van der Waals surface area contributed by atoms with E-state index in [1.807, 2.05) is 18.3 Å². The number of hydrogen-bond acceptors (Lipinski definition) is 4. The third-order valence-electron chi connectivity index (χ3n) is 4.45. The second kappa shape index (κ2) is 7.50. The number of rotatable bonds is 5. The van der Waals surface area contributed by atoms with E-state index < -0.39 is 17.6 Å². The summed E-state index contributed by atoms with van der Waals surface area (Å²) in [4.78, 5) is 15.7. The van der Waals surface area contributed by atoms with E-state index >= 15 is 0 Å². The first-order valence-corrected chi connectivity index (χ1v) is 8.71. The molecule has 148 valence electrons. The lowest BCUT2D eigenvalue weighted by molar-refractivity contribution is -0.137. The van der Waals surface area contributed by atoms with Gasteiger partial charge in [-0.1, -0.05) is 0 Å². The van der Waals surface area contributed by atoms with Crippen LogP contribution in [-0.4, -0.2) is 19.9 Å². The number of hydrogen-bond donors (Lipinski definition) is 2. The maximum atomic E-state index is 13.8. The van der Waals surface area contributed by atoms with Crippen molar-refractivity contribution in [3.8, 4) is 0 Å². The molecular formula is C20H15F4N5. The third-order valence-corrected chi connectivity index (χ3v) is 4.45. The molecule has 3 heterocycles. The Labute approximate surface area is 162 Å². The summed E-state index contributed by atoms with van der Waals surface area (Å²) in [5, 5.41) is 3.76. The zero-order valence-electron chi connectivity index (χ0n) is 15.0. The van der Waals surface area contributed by atoms with Crippen molar-refractivity contribution in [1.82, 2.24) is 19.9 Å². The highest BCUT2D eigenvalue weighted by atomic mass is 19.4. The van der Waals surface area contributed by atoms with E-state index in [0.717, 1.165) is 34.3 Å². The molecule has 0 amide bonds. The van der Waals surface area contributed by atoms with E-state index in [0.29, 0.717) is 12.5 Å². The molecule has 2 N–H and O–H groups in total. The predicted molar refractivity (Wildman–Crippen MR) is 99.7 cm³/mol. The summed E-state index contributed by atoms with van der Waals surface area (Å²) in [7, 11) is 0. The molecule has 0 radical (unpaired) electrons. The van der Waals surface area contributed by atoms with E-state index in [4.69, 9.17) is 0 Å². The van der Waals surface area contributed by atoms with Crippen LogP contribution in [0.2, 0.25) is 0 Å². The highest BCUT2D eigenvalue weighted by Crippen LogP contribution is 2.30. The Balaban J connectivity index is 1.44. The molecule has 0 aliphatic rings. The molecule has 1 aromatic carbocycles. The second-order valence-electron chi connectivity index (χ2n) is 6.46. The van der Waals surface area contributed by atoms with Gasteiger partial charge in [-0.05, 0) is 41.5 Å². The van der Waals surface area contributed by atoms with Crippen molar-refractivity contribution in [3.63, 3.8) is 0 Å². The maximum absolute atomic E-state index is 13.8. The van der Waals surface area contributed by atoms with Gasteiger partial charge >= 0.3 is 6.18 Å². The quantitative estimate of drug-likeness (QED) is 0.475. The number of aromatic nitrogens is 4. The Morgan fingerprint density at radius 1 is 1.00 bits per heavy atom. The van der Waals surface area contributed by atoms with E-state index in [9.17, 15) is 17.6 Å². The van der Waals surface area contributed by atoms with Crippen molar-refractivity contribution in [2.24, 2.45) is 0 Å².